The molecule has 1 aromatic rings. The number of nitrogens with zero attached hydrogens (tertiary/aromatic N) is 4. The first-order valence-corrected chi connectivity index (χ1v) is 11.5. The van der Waals surface area contributed by atoms with Gasteiger partial charge in [0.05, 0.1) is 30.4 Å². The predicted octanol–water partition coefficient (Wildman–Crippen LogP) is 1.00. The Labute approximate surface area is 215 Å². The fourth-order valence-corrected chi connectivity index (χ4v) is 1.96. The maximum Gasteiger partial charge on any atom is 2.00 e. The van der Waals surface area contributed by atoms with Gasteiger partial charge in [0.2, 0.25) is 0 Å². The Hall–Kier alpha value is -1.57. The average molecular weight is 555 g/mol. The SMILES string of the molecule is CCC.CNC([S-])=NN=C(C)C(C)=NN=C([S-])Nc1ccc(S(=O)(=O)[O-])cc1.C[NH2+]C.[Zn+2]. The Kier molecular flexibility index (Phi) is 22.0. The topological polar surface area (TPSA) is 147 Å². The molecule has 0 aliphatic rings. The molecule has 10 nitrogen and oxygen atoms in total. The maximum absolute atomic E-state index is 10.9. The third-order valence-corrected chi connectivity index (χ3v) is 4.03. The van der Waals surface area contributed by atoms with Gasteiger partial charge < -0.3 is 45.8 Å². The molecule has 1 aromatic carbocycles. The van der Waals surface area contributed by atoms with Crippen molar-refractivity contribution in [2.75, 3.05) is 26.5 Å². The first kappa shape index (κ1) is 35.0. The number of quaternary nitrogens is 1. The monoisotopic (exact) mass is 553 g/mol. The summed E-state index contributed by atoms with van der Waals surface area (Å²) in [6, 6.07) is 5.14. The van der Waals surface area contributed by atoms with E-state index in [1.54, 1.807) is 20.9 Å². The number of hydrogen-bond acceptors (Lipinski definition) is 9. The van der Waals surface area contributed by atoms with Crippen LogP contribution in [-0.4, -0.2) is 55.9 Å². The Morgan fingerprint density at radius 1 is 0.969 bits per heavy atom. The second kappa shape index (κ2) is 20.1. The molecule has 0 aliphatic carbocycles. The van der Waals surface area contributed by atoms with Gasteiger partial charge in [0.1, 0.15) is 10.1 Å². The second-order valence-corrected chi connectivity index (χ2v) is 7.97. The van der Waals surface area contributed by atoms with Gasteiger partial charge >= 0.3 is 19.5 Å². The van der Waals surface area contributed by atoms with E-state index >= 15 is 0 Å². The predicted molar refractivity (Wildman–Crippen MR) is 133 cm³/mol. The molecule has 4 N–H and O–H groups in total. The van der Waals surface area contributed by atoms with Crippen LogP contribution in [0.2, 0.25) is 0 Å². The largest absolute Gasteiger partial charge is 2.00 e. The fraction of sp³-hybridized carbons (Fsp3) is 0.444. The molecule has 0 saturated carbocycles. The van der Waals surface area contributed by atoms with Gasteiger partial charge in [-0.25, -0.2) is 8.42 Å². The molecule has 1 rings (SSSR count). The summed E-state index contributed by atoms with van der Waals surface area (Å²) < 4.78 is 32.6. The van der Waals surface area contributed by atoms with Crippen molar-refractivity contribution in [1.29, 1.82) is 0 Å². The van der Waals surface area contributed by atoms with E-state index in [4.69, 9.17) is 25.3 Å². The molecule has 0 heterocycles. The van der Waals surface area contributed by atoms with E-state index in [1.807, 2.05) is 19.4 Å². The van der Waals surface area contributed by atoms with Gasteiger partial charge in [-0.2, -0.15) is 20.4 Å². The van der Waals surface area contributed by atoms with Crippen molar-refractivity contribution in [2.45, 2.75) is 39.0 Å². The van der Waals surface area contributed by atoms with Crippen molar-refractivity contribution in [2.24, 2.45) is 20.4 Å². The molecule has 176 valence electrons. The van der Waals surface area contributed by atoms with E-state index < -0.39 is 10.1 Å². The van der Waals surface area contributed by atoms with Crippen molar-refractivity contribution in [3.8, 4) is 0 Å². The van der Waals surface area contributed by atoms with Crippen LogP contribution >= 0.6 is 0 Å². The number of hydrogen-bond donors (Lipinski definition) is 3. The summed E-state index contributed by atoms with van der Waals surface area (Å²) in [5, 5.41) is 23.1. The van der Waals surface area contributed by atoms with E-state index in [0.717, 1.165) is 0 Å². The summed E-state index contributed by atoms with van der Waals surface area (Å²) in [5.74, 6) is 0. The Balaban J connectivity index is -0.00000108. The summed E-state index contributed by atoms with van der Waals surface area (Å²) in [4.78, 5) is -0.329. The number of nitrogens with one attached hydrogen (secondary N) is 2. The molecule has 0 aliphatic heterocycles. The minimum Gasteiger partial charge on any atom is -0.744 e. The minimum absolute atomic E-state index is 0. The zero-order valence-corrected chi connectivity index (χ0v) is 25.0. The molecule has 14 heteroatoms. The Morgan fingerprint density at radius 2 is 1.34 bits per heavy atom. The van der Waals surface area contributed by atoms with Crippen LogP contribution in [0.4, 0.5) is 5.69 Å². The fourth-order valence-electron chi connectivity index (χ4n) is 1.29. The molecule has 0 radical (unpaired) electrons. The molecule has 0 fully saturated rings. The van der Waals surface area contributed by atoms with Gasteiger partial charge in [-0.3, -0.25) is 0 Å². The summed E-state index contributed by atoms with van der Waals surface area (Å²) in [6.45, 7) is 7.62. The van der Waals surface area contributed by atoms with Gasteiger partial charge in [-0.1, -0.05) is 20.3 Å². The van der Waals surface area contributed by atoms with Crippen LogP contribution in [0.15, 0.2) is 49.6 Å². The molecule has 0 spiro atoms. The van der Waals surface area contributed by atoms with Gasteiger partial charge in [-0.15, -0.1) is 0 Å². The number of benzene rings is 1. The summed E-state index contributed by atoms with van der Waals surface area (Å²) in [5.41, 5.74) is 1.46. The average Bonchev–Trinajstić information content (AvgIpc) is 2.70. The van der Waals surface area contributed by atoms with E-state index in [-0.39, 0.29) is 34.7 Å². The van der Waals surface area contributed by atoms with Crippen molar-refractivity contribution >= 4 is 62.8 Å². The van der Waals surface area contributed by atoms with Crippen molar-refractivity contribution in [3.05, 3.63) is 24.3 Å². The van der Waals surface area contributed by atoms with Crippen LogP contribution in [0.25, 0.3) is 0 Å². The molecule has 0 aromatic heterocycles. The van der Waals surface area contributed by atoms with Gasteiger partial charge in [0, 0.05) is 17.9 Å². The van der Waals surface area contributed by atoms with Crippen LogP contribution in [0.1, 0.15) is 34.1 Å². The van der Waals surface area contributed by atoms with E-state index in [9.17, 15) is 13.0 Å². The van der Waals surface area contributed by atoms with Crippen LogP contribution in [0.5, 0.6) is 0 Å². The first-order chi connectivity index (χ1) is 14.5. The maximum atomic E-state index is 10.9. The van der Waals surface area contributed by atoms with Crippen LogP contribution in [-0.2, 0) is 54.9 Å². The quantitative estimate of drug-likeness (QED) is 0.123. The van der Waals surface area contributed by atoms with Crippen molar-refractivity contribution in [3.63, 3.8) is 0 Å². The first-order valence-electron chi connectivity index (χ1n) is 9.30. The molecular formula is C18H31N7O3S3Zn. The minimum atomic E-state index is -4.48. The van der Waals surface area contributed by atoms with E-state index in [1.165, 1.54) is 30.7 Å². The number of amidine groups is 2. The molecule has 0 unspecified atom stereocenters. The Morgan fingerprint density at radius 3 is 1.69 bits per heavy atom. The Bertz CT molecular complexity index is 870. The standard InChI is InChI=1S/C13H18N6O3S3.C3H8.C2H7N.Zn/c1-8(16-18-12(23)14-3)9(2)17-19-13(24)15-10-4-6-11(7-5-10)25(20,21)22;2*1-3-2;/h4-7H,1-3H3,(H2,14,18,23)(H2,15,19,24)(H,20,21,22);3H2,1-2H3;3H,1-2H3;/q;;;+2/p-2. The van der Waals surface area contributed by atoms with Crippen molar-refractivity contribution in [1.82, 2.24) is 5.32 Å². The van der Waals surface area contributed by atoms with Crippen LogP contribution in [0, 0.1) is 0 Å². The molecule has 0 amide bonds. The normalized spacial score (nSPS) is 12.4. The van der Waals surface area contributed by atoms with E-state index in [0.29, 0.717) is 17.1 Å². The summed E-state index contributed by atoms with van der Waals surface area (Å²) >= 11 is 9.85. The molecular weight excluding hydrogens is 524 g/mol. The summed E-state index contributed by atoms with van der Waals surface area (Å²) in [7, 11) is 1.15. The zero-order valence-electron chi connectivity index (χ0n) is 19.5. The number of anilines is 1. The van der Waals surface area contributed by atoms with Gasteiger partial charge in [0.15, 0.2) is 0 Å². The number of rotatable bonds is 5. The third kappa shape index (κ3) is 18.0. The van der Waals surface area contributed by atoms with Gasteiger partial charge in [-0.05, 0) is 43.3 Å². The van der Waals surface area contributed by atoms with Gasteiger partial charge in [0.25, 0.3) is 0 Å². The van der Waals surface area contributed by atoms with Crippen LogP contribution in [0.3, 0.4) is 0 Å². The molecule has 0 bridgehead atoms. The zero-order chi connectivity index (χ0) is 24.4. The molecule has 32 heavy (non-hydrogen) atoms. The van der Waals surface area contributed by atoms with Crippen molar-refractivity contribution < 1.29 is 37.8 Å². The van der Waals surface area contributed by atoms with E-state index in [2.05, 4.69) is 44.9 Å². The third-order valence-electron chi connectivity index (χ3n) is 2.71. The number of nitrogens with two attached hydrogens (primary N) is 1. The second-order valence-electron chi connectivity index (χ2n) is 5.82. The molecule has 0 atom stereocenters. The molecule has 0 saturated heterocycles. The summed E-state index contributed by atoms with van der Waals surface area (Å²) in [6.07, 6.45) is 1.25. The smallest absolute Gasteiger partial charge is 0.744 e. The van der Waals surface area contributed by atoms with Crippen LogP contribution < -0.4 is 16.0 Å².